The summed E-state index contributed by atoms with van der Waals surface area (Å²) in [6.45, 7) is 1.68. The molecule has 130 valence electrons. The van der Waals surface area contributed by atoms with Gasteiger partial charge in [0.15, 0.2) is 0 Å². The maximum absolute atomic E-state index is 12.6. The molecule has 1 aromatic rings. The van der Waals surface area contributed by atoms with Crippen LogP contribution >= 0.6 is 15.9 Å². The molecule has 0 bridgehead atoms. The highest BCUT2D eigenvalue weighted by atomic mass is 79.9. The standard InChI is InChI=1S/C18H23BrN2O3/c19-14-9-13(17(22)21-7-1-2-8-21)10-16(11-14)20-15-5-3-12(4-6-15)18(23)24/h9-12,15,20H,1-8H2,(H,23,24). The number of hydrogen-bond acceptors (Lipinski definition) is 3. The van der Waals surface area contributed by atoms with Gasteiger partial charge in [-0.25, -0.2) is 0 Å². The number of rotatable bonds is 4. The fourth-order valence-corrected chi connectivity index (χ4v) is 4.11. The van der Waals surface area contributed by atoms with Gasteiger partial charge in [-0.2, -0.15) is 0 Å². The van der Waals surface area contributed by atoms with Crippen molar-refractivity contribution in [1.82, 2.24) is 4.90 Å². The van der Waals surface area contributed by atoms with Gasteiger partial charge in [0.05, 0.1) is 5.92 Å². The number of carbonyl (C=O) groups excluding carboxylic acids is 1. The lowest BCUT2D eigenvalue weighted by molar-refractivity contribution is -0.142. The first kappa shape index (κ1) is 17.3. The average molecular weight is 395 g/mol. The van der Waals surface area contributed by atoms with Gasteiger partial charge in [0.1, 0.15) is 0 Å². The summed E-state index contributed by atoms with van der Waals surface area (Å²) < 4.78 is 0.884. The molecule has 0 aromatic heterocycles. The van der Waals surface area contributed by atoms with Gasteiger partial charge >= 0.3 is 5.97 Å². The predicted molar refractivity (Wildman–Crippen MR) is 96.3 cm³/mol. The highest BCUT2D eigenvalue weighted by molar-refractivity contribution is 9.10. The number of carbonyl (C=O) groups is 2. The first-order valence-electron chi connectivity index (χ1n) is 8.62. The van der Waals surface area contributed by atoms with Crippen LogP contribution in [0.3, 0.4) is 0 Å². The van der Waals surface area contributed by atoms with E-state index in [-0.39, 0.29) is 17.9 Å². The average Bonchev–Trinajstić information content (AvgIpc) is 3.08. The molecule has 24 heavy (non-hydrogen) atoms. The van der Waals surface area contributed by atoms with E-state index in [0.29, 0.717) is 18.4 Å². The van der Waals surface area contributed by atoms with E-state index < -0.39 is 5.97 Å². The number of aliphatic carboxylic acids is 1. The second-order valence-electron chi connectivity index (χ2n) is 6.76. The molecule has 1 saturated carbocycles. The first-order chi connectivity index (χ1) is 11.5. The molecule has 2 fully saturated rings. The molecule has 0 radical (unpaired) electrons. The highest BCUT2D eigenvalue weighted by Gasteiger charge is 2.26. The van der Waals surface area contributed by atoms with Crippen molar-refractivity contribution in [2.75, 3.05) is 18.4 Å². The summed E-state index contributed by atoms with van der Waals surface area (Å²) in [4.78, 5) is 25.5. The Bertz CT molecular complexity index is 621. The van der Waals surface area contributed by atoms with Gasteiger partial charge in [-0.15, -0.1) is 0 Å². The third-order valence-corrected chi connectivity index (χ3v) is 5.44. The molecule has 6 heteroatoms. The van der Waals surface area contributed by atoms with E-state index in [1.165, 1.54) is 0 Å². The molecule has 1 aromatic carbocycles. The fourth-order valence-electron chi connectivity index (χ4n) is 3.62. The molecule has 0 unspecified atom stereocenters. The third kappa shape index (κ3) is 4.09. The Labute approximate surface area is 150 Å². The molecule has 2 N–H and O–H groups in total. The van der Waals surface area contributed by atoms with E-state index in [1.54, 1.807) is 0 Å². The van der Waals surface area contributed by atoms with Gasteiger partial charge in [0.2, 0.25) is 0 Å². The topological polar surface area (TPSA) is 69.6 Å². The van der Waals surface area contributed by atoms with Crippen LogP contribution in [0.25, 0.3) is 0 Å². The largest absolute Gasteiger partial charge is 0.481 e. The van der Waals surface area contributed by atoms with Crippen LogP contribution in [0.5, 0.6) is 0 Å². The van der Waals surface area contributed by atoms with Gasteiger partial charge in [-0.1, -0.05) is 15.9 Å². The molecule has 1 aliphatic heterocycles. The molecule has 1 aliphatic carbocycles. The summed E-state index contributed by atoms with van der Waals surface area (Å²) in [5.41, 5.74) is 1.62. The number of hydrogen-bond donors (Lipinski definition) is 2. The van der Waals surface area contributed by atoms with Crippen molar-refractivity contribution < 1.29 is 14.7 Å². The minimum Gasteiger partial charge on any atom is -0.481 e. The van der Waals surface area contributed by atoms with Crippen LogP contribution in [0, 0.1) is 5.92 Å². The molecule has 0 atom stereocenters. The normalized spacial score (nSPS) is 24.0. The maximum Gasteiger partial charge on any atom is 0.306 e. The van der Waals surface area contributed by atoms with Crippen molar-refractivity contribution in [2.45, 2.75) is 44.6 Å². The summed E-state index contributed by atoms with van der Waals surface area (Å²) in [6.07, 6.45) is 5.27. The Hall–Kier alpha value is -1.56. The Morgan fingerprint density at radius 1 is 1.08 bits per heavy atom. The van der Waals surface area contributed by atoms with Crippen LogP contribution in [0.2, 0.25) is 0 Å². The number of anilines is 1. The van der Waals surface area contributed by atoms with E-state index in [9.17, 15) is 9.59 Å². The van der Waals surface area contributed by atoms with Gasteiger partial charge in [-0.05, 0) is 56.7 Å². The lowest BCUT2D eigenvalue weighted by Gasteiger charge is -2.28. The zero-order valence-corrected chi connectivity index (χ0v) is 15.2. The van der Waals surface area contributed by atoms with Crippen LogP contribution < -0.4 is 5.32 Å². The van der Waals surface area contributed by atoms with Crippen LogP contribution in [0.1, 0.15) is 48.9 Å². The number of nitrogens with one attached hydrogen (secondary N) is 1. The maximum atomic E-state index is 12.6. The van der Waals surface area contributed by atoms with Crippen molar-refractivity contribution >= 4 is 33.5 Å². The second-order valence-corrected chi connectivity index (χ2v) is 7.67. The second kappa shape index (κ2) is 7.55. The molecule has 1 heterocycles. The number of benzene rings is 1. The van der Waals surface area contributed by atoms with Crippen LogP contribution in [0.15, 0.2) is 22.7 Å². The van der Waals surface area contributed by atoms with Crippen LogP contribution in [-0.2, 0) is 4.79 Å². The van der Waals surface area contributed by atoms with Gasteiger partial charge in [0.25, 0.3) is 5.91 Å². The summed E-state index contributed by atoms with van der Waals surface area (Å²) in [7, 11) is 0. The van der Waals surface area contributed by atoms with E-state index in [4.69, 9.17) is 5.11 Å². The fraction of sp³-hybridized carbons (Fsp3) is 0.556. The Kier molecular flexibility index (Phi) is 5.43. The van der Waals surface area contributed by atoms with E-state index >= 15 is 0 Å². The lowest BCUT2D eigenvalue weighted by Crippen LogP contribution is -2.30. The Balaban J connectivity index is 1.66. The Morgan fingerprint density at radius 3 is 2.38 bits per heavy atom. The molecule has 3 rings (SSSR count). The minimum atomic E-state index is -0.686. The van der Waals surface area contributed by atoms with Crippen LogP contribution in [-0.4, -0.2) is 41.0 Å². The van der Waals surface area contributed by atoms with E-state index in [1.807, 2.05) is 23.1 Å². The van der Waals surface area contributed by atoms with E-state index in [2.05, 4.69) is 21.2 Å². The predicted octanol–water partition coefficient (Wildman–Crippen LogP) is 3.74. The SMILES string of the molecule is O=C(O)C1CCC(Nc2cc(Br)cc(C(=O)N3CCCC3)c2)CC1. The highest BCUT2D eigenvalue weighted by Crippen LogP contribution is 2.28. The minimum absolute atomic E-state index is 0.0893. The summed E-state index contributed by atoms with van der Waals surface area (Å²) in [6, 6.07) is 6.02. The lowest BCUT2D eigenvalue weighted by atomic mass is 9.86. The zero-order valence-electron chi connectivity index (χ0n) is 13.6. The number of halogens is 1. The molecule has 5 nitrogen and oxygen atoms in total. The summed E-state index contributed by atoms with van der Waals surface area (Å²) in [5.74, 6) is -0.807. The first-order valence-corrected chi connectivity index (χ1v) is 9.41. The van der Waals surface area contributed by atoms with Gasteiger partial charge in [0, 0.05) is 34.9 Å². The summed E-state index contributed by atoms with van der Waals surface area (Å²) in [5, 5.41) is 12.6. The van der Waals surface area contributed by atoms with Crippen molar-refractivity contribution in [3.8, 4) is 0 Å². The molecular formula is C18H23BrN2O3. The van der Waals surface area contributed by atoms with Crippen molar-refractivity contribution in [3.05, 3.63) is 28.2 Å². The summed E-state index contributed by atoms with van der Waals surface area (Å²) >= 11 is 3.49. The number of amides is 1. The number of carboxylic acid groups (broad SMARTS) is 1. The Morgan fingerprint density at radius 2 is 1.75 bits per heavy atom. The number of nitrogens with zero attached hydrogens (tertiary/aromatic N) is 1. The third-order valence-electron chi connectivity index (χ3n) is 4.99. The molecule has 1 amide bonds. The van der Waals surface area contributed by atoms with Crippen molar-refractivity contribution in [1.29, 1.82) is 0 Å². The van der Waals surface area contributed by atoms with Crippen LogP contribution in [0.4, 0.5) is 5.69 Å². The quantitative estimate of drug-likeness (QED) is 0.815. The number of likely N-dealkylation sites (tertiary alicyclic amines) is 1. The molecular weight excluding hydrogens is 372 g/mol. The van der Waals surface area contributed by atoms with E-state index in [0.717, 1.165) is 48.9 Å². The smallest absolute Gasteiger partial charge is 0.306 e. The zero-order chi connectivity index (χ0) is 17.1. The molecule has 0 spiro atoms. The van der Waals surface area contributed by atoms with Gasteiger partial charge < -0.3 is 15.3 Å². The molecule has 2 aliphatic rings. The van der Waals surface area contributed by atoms with Crippen molar-refractivity contribution in [2.24, 2.45) is 5.92 Å². The monoisotopic (exact) mass is 394 g/mol. The van der Waals surface area contributed by atoms with Gasteiger partial charge in [-0.3, -0.25) is 9.59 Å². The van der Waals surface area contributed by atoms with Crippen molar-refractivity contribution in [3.63, 3.8) is 0 Å². The molecule has 1 saturated heterocycles. The number of carboxylic acids is 1.